The van der Waals surface area contributed by atoms with Crippen LogP contribution in [0.4, 0.5) is 17.3 Å². The molecule has 59 heavy (non-hydrogen) atoms. The first-order valence-electron chi connectivity index (χ1n) is 21.1. The summed E-state index contributed by atoms with van der Waals surface area (Å²) in [6, 6.07) is 19.5. The molecule has 2 aliphatic heterocycles. The quantitative estimate of drug-likeness (QED) is 0.105. The summed E-state index contributed by atoms with van der Waals surface area (Å²) in [6.07, 6.45) is 18.3. The molecule has 0 bridgehead atoms. The van der Waals surface area contributed by atoms with Crippen LogP contribution in [0.3, 0.4) is 0 Å². The molecule has 1 amide bonds. The Morgan fingerprint density at radius 3 is 2.29 bits per heavy atom. The zero-order chi connectivity index (χ0) is 40.6. The monoisotopic (exact) mass is 817 g/mol. The van der Waals surface area contributed by atoms with Crippen molar-refractivity contribution in [2.24, 2.45) is 0 Å². The maximum atomic E-state index is 13.0. The molecule has 1 saturated carbocycles. The van der Waals surface area contributed by atoms with Crippen molar-refractivity contribution in [1.82, 2.24) is 38.7 Å². The lowest BCUT2D eigenvalue weighted by Crippen LogP contribution is -2.47. The van der Waals surface area contributed by atoms with Gasteiger partial charge in [0, 0.05) is 49.8 Å². The number of amides is 1. The van der Waals surface area contributed by atoms with Gasteiger partial charge in [-0.25, -0.2) is 32.3 Å². The number of aromatic amines is 1. The van der Waals surface area contributed by atoms with Crippen molar-refractivity contribution in [1.29, 1.82) is 0 Å². The molecule has 1 aliphatic carbocycles. The minimum atomic E-state index is -3.69. The van der Waals surface area contributed by atoms with Gasteiger partial charge in [-0.1, -0.05) is 61.6 Å². The van der Waals surface area contributed by atoms with Gasteiger partial charge >= 0.3 is 0 Å². The van der Waals surface area contributed by atoms with Crippen molar-refractivity contribution in [2.45, 2.75) is 94.7 Å². The van der Waals surface area contributed by atoms with Gasteiger partial charge in [-0.15, -0.1) is 0 Å². The van der Waals surface area contributed by atoms with Crippen LogP contribution < -0.4 is 16.0 Å². The minimum Gasteiger partial charge on any atom is -0.376 e. The van der Waals surface area contributed by atoms with Gasteiger partial charge in [-0.05, 0) is 94.4 Å². The maximum absolute atomic E-state index is 13.0. The number of nitrogens with one attached hydrogen (secondary N) is 4. The van der Waals surface area contributed by atoms with E-state index in [1.165, 1.54) is 54.4 Å². The summed E-state index contributed by atoms with van der Waals surface area (Å²) >= 11 is 0. The van der Waals surface area contributed by atoms with E-state index in [1.54, 1.807) is 42.9 Å². The lowest BCUT2D eigenvalue weighted by Gasteiger charge is -2.33. The van der Waals surface area contributed by atoms with Crippen LogP contribution >= 0.6 is 0 Å². The number of nitrogens with zero attached hydrogens (tertiary/aromatic N) is 7. The van der Waals surface area contributed by atoms with Crippen LogP contribution in [-0.4, -0.2) is 97.8 Å². The second-order valence-electron chi connectivity index (χ2n) is 16.0. The highest BCUT2D eigenvalue weighted by Gasteiger charge is 2.25. The van der Waals surface area contributed by atoms with E-state index in [0.717, 1.165) is 85.4 Å². The van der Waals surface area contributed by atoms with E-state index >= 15 is 0 Å². The summed E-state index contributed by atoms with van der Waals surface area (Å²) in [5.41, 5.74) is 4.58. The van der Waals surface area contributed by atoms with E-state index in [1.807, 2.05) is 30.2 Å². The molecular formula is C44H55N11O3S. The number of piperidine rings is 2. The van der Waals surface area contributed by atoms with E-state index in [-0.39, 0.29) is 16.8 Å². The molecule has 0 spiro atoms. The lowest BCUT2D eigenvalue weighted by atomic mass is 9.95. The van der Waals surface area contributed by atoms with E-state index in [9.17, 15) is 13.2 Å². The highest BCUT2D eigenvalue weighted by molar-refractivity contribution is 7.90. The summed E-state index contributed by atoms with van der Waals surface area (Å²) in [6.45, 7) is 7.01. The van der Waals surface area contributed by atoms with Crippen molar-refractivity contribution < 1.29 is 13.2 Å². The molecular weight excluding hydrogens is 763 g/mol. The van der Waals surface area contributed by atoms with Gasteiger partial charge in [0.25, 0.3) is 10.0 Å². The fourth-order valence-corrected chi connectivity index (χ4v) is 9.78. The smallest absolute Gasteiger partial charge is 0.269 e. The van der Waals surface area contributed by atoms with Gasteiger partial charge in [0.1, 0.15) is 29.9 Å². The van der Waals surface area contributed by atoms with Gasteiger partial charge in [-0.3, -0.25) is 9.69 Å². The first-order chi connectivity index (χ1) is 28.8. The second kappa shape index (κ2) is 18.6. The van der Waals surface area contributed by atoms with Crippen LogP contribution in [0, 0.1) is 6.92 Å². The molecule has 6 aromatic rings. The Bertz CT molecular complexity index is 2440. The van der Waals surface area contributed by atoms with Gasteiger partial charge in [0.15, 0.2) is 5.65 Å². The molecule has 2 aromatic carbocycles. The van der Waals surface area contributed by atoms with Crippen LogP contribution in [0.25, 0.3) is 22.1 Å². The molecule has 6 heterocycles. The molecule has 310 valence electrons. The van der Waals surface area contributed by atoms with Crippen LogP contribution in [0.1, 0.15) is 75.3 Å². The molecule has 4 aromatic heterocycles. The van der Waals surface area contributed by atoms with Crippen molar-refractivity contribution in [3.63, 3.8) is 0 Å². The Hall–Kier alpha value is -5.54. The van der Waals surface area contributed by atoms with Gasteiger partial charge in [0.2, 0.25) is 5.91 Å². The summed E-state index contributed by atoms with van der Waals surface area (Å²) in [5.74, 6) is 1.67. The lowest BCUT2D eigenvalue weighted by molar-refractivity contribution is -0.130. The molecule has 0 radical (unpaired) electrons. The summed E-state index contributed by atoms with van der Waals surface area (Å²) in [5, 5.41) is 12.1. The fourth-order valence-electron chi connectivity index (χ4n) is 8.48. The number of carbonyl (C=O) groups is 1. The van der Waals surface area contributed by atoms with Gasteiger partial charge in [-0.2, -0.15) is 0 Å². The third-order valence-corrected chi connectivity index (χ3v) is 13.4. The number of aryl methyl sites for hydroxylation is 1. The molecule has 2 saturated heterocycles. The number of hydrogen-bond donors (Lipinski definition) is 4. The second-order valence-corrected chi connectivity index (χ2v) is 17.8. The van der Waals surface area contributed by atoms with E-state index in [0.29, 0.717) is 30.6 Å². The van der Waals surface area contributed by atoms with E-state index in [4.69, 9.17) is 0 Å². The van der Waals surface area contributed by atoms with Gasteiger partial charge in [0.05, 0.1) is 22.2 Å². The zero-order valence-electron chi connectivity index (χ0n) is 33.8. The van der Waals surface area contributed by atoms with Crippen molar-refractivity contribution in [2.75, 3.05) is 48.7 Å². The van der Waals surface area contributed by atoms with E-state index in [2.05, 4.69) is 64.0 Å². The number of carbonyl (C=O) groups excluding carboxylic acids is 1. The molecule has 15 heteroatoms. The third kappa shape index (κ3) is 9.68. The highest BCUT2D eigenvalue weighted by atomic mass is 32.2. The molecule has 3 aliphatic rings. The Labute approximate surface area is 346 Å². The van der Waals surface area contributed by atoms with Crippen molar-refractivity contribution >= 4 is 55.3 Å². The predicted molar refractivity (Wildman–Crippen MR) is 233 cm³/mol. The Morgan fingerprint density at radius 1 is 0.763 bits per heavy atom. The number of anilines is 3. The van der Waals surface area contributed by atoms with Crippen LogP contribution in [0.5, 0.6) is 0 Å². The maximum Gasteiger partial charge on any atom is 0.269 e. The van der Waals surface area contributed by atoms with E-state index < -0.39 is 10.0 Å². The Balaban J connectivity index is 0.000000169. The summed E-state index contributed by atoms with van der Waals surface area (Å²) in [4.78, 5) is 38.1. The normalized spacial score (nSPS) is 18.0. The number of para-hydroxylation sites is 1. The van der Waals surface area contributed by atoms with Crippen LogP contribution in [-0.2, 0) is 21.4 Å². The minimum absolute atomic E-state index is 0.142. The predicted octanol–water partition coefficient (Wildman–Crippen LogP) is 7.18. The molecule has 1 atom stereocenters. The highest BCUT2D eigenvalue weighted by Crippen LogP contribution is 2.28. The third-order valence-electron chi connectivity index (χ3n) is 11.7. The average molecular weight is 818 g/mol. The van der Waals surface area contributed by atoms with Gasteiger partial charge < -0.3 is 25.8 Å². The number of hydrogen-bond acceptors (Lipinski definition) is 11. The van der Waals surface area contributed by atoms with Crippen LogP contribution in [0.15, 0.2) is 90.6 Å². The standard InChI is InChI=1S/C25H33N7O.C19H22N4O2S/c33-23(15-27-22-9-3-2-7-19(22)16-31-12-4-1-5-13-31)32-14-6-8-20(17-32)30-25-21-10-11-26-24(21)28-18-29-25;1-14-7-9-16(10-8-14)26(24,25)23-12-11-17-18(20-13-21-19(17)23)22-15-5-3-2-4-6-15/h2-3,7,9-11,18,20,27H,1,4-6,8,12-17H2,(H2,26,28,29,30);7-13,15H,2-6H2,1H3,(H,20,21,22)/t20-;/m1./s1. The molecule has 0 unspecified atom stereocenters. The number of likely N-dealkylation sites (tertiary alicyclic amines) is 2. The largest absolute Gasteiger partial charge is 0.376 e. The van der Waals surface area contributed by atoms with Crippen LogP contribution in [0.2, 0.25) is 0 Å². The topological polar surface area (TPSA) is 166 Å². The zero-order valence-corrected chi connectivity index (χ0v) is 34.6. The SMILES string of the molecule is Cc1ccc(S(=O)(=O)n2ccc3c(NC4CCCCC4)ncnc32)cc1.O=C(CNc1ccccc1CN1CCCCC1)N1CCC[C@@H](Nc2ncnc3[nH]ccc23)C1. The van der Waals surface area contributed by atoms with Crippen molar-refractivity contribution in [3.8, 4) is 0 Å². The average Bonchev–Trinajstić information content (AvgIpc) is 3.94. The molecule has 4 N–H and O–H groups in total. The first-order valence-corrected chi connectivity index (χ1v) is 22.5. The summed E-state index contributed by atoms with van der Waals surface area (Å²) in [7, 11) is -3.69. The molecule has 3 fully saturated rings. The number of rotatable bonds is 11. The first kappa shape index (κ1) is 40.2. The number of fused-ring (bicyclic) bond motifs is 2. The Morgan fingerprint density at radius 2 is 1.47 bits per heavy atom. The number of benzene rings is 2. The number of aromatic nitrogens is 6. The Kier molecular flexibility index (Phi) is 12.7. The summed E-state index contributed by atoms with van der Waals surface area (Å²) < 4.78 is 27.2. The molecule has 9 rings (SSSR count). The molecule has 14 nitrogen and oxygen atoms in total. The number of H-pyrrole nitrogens is 1. The fraction of sp³-hybridized carbons (Fsp3) is 0.432. The van der Waals surface area contributed by atoms with Crippen molar-refractivity contribution in [3.05, 3.63) is 96.8 Å².